The van der Waals surface area contributed by atoms with Gasteiger partial charge in [-0.05, 0) is 27.7 Å². The molecule has 1 saturated heterocycles. The first kappa shape index (κ1) is 16.7. The van der Waals surface area contributed by atoms with Crippen molar-refractivity contribution in [3.8, 4) is 0 Å². The first-order valence-corrected chi connectivity index (χ1v) is 7.38. The average Bonchev–Trinajstić information content (AvgIpc) is 2.80. The number of hydrogen-bond donors (Lipinski definition) is 0. The number of carbonyl (C=O) groups excluding carboxylic acids is 2. The summed E-state index contributed by atoms with van der Waals surface area (Å²) in [6.45, 7) is 8.26. The van der Waals surface area contributed by atoms with E-state index in [-0.39, 0.29) is 19.6 Å². The molecule has 2 aliphatic rings. The van der Waals surface area contributed by atoms with Gasteiger partial charge in [0.1, 0.15) is 12.0 Å². The minimum atomic E-state index is -1.73. The van der Waals surface area contributed by atoms with Gasteiger partial charge in [0.15, 0.2) is 5.84 Å². The highest BCUT2D eigenvalue weighted by Gasteiger charge is 2.55. The second-order valence-corrected chi connectivity index (χ2v) is 5.47. The highest BCUT2D eigenvalue weighted by atomic mass is 16.7. The van der Waals surface area contributed by atoms with Crippen molar-refractivity contribution in [2.75, 3.05) is 26.4 Å². The first-order chi connectivity index (χ1) is 10.3. The van der Waals surface area contributed by atoms with Gasteiger partial charge in [-0.25, -0.2) is 19.7 Å². The fourth-order valence-corrected chi connectivity index (χ4v) is 2.39. The molecular weight excluding hydrogens is 292 g/mol. The van der Waals surface area contributed by atoms with E-state index in [1.165, 1.54) is 5.06 Å². The summed E-state index contributed by atoms with van der Waals surface area (Å²) in [6, 6.07) is 0. The van der Waals surface area contributed by atoms with Crippen molar-refractivity contribution in [3.05, 3.63) is 0 Å². The highest BCUT2D eigenvalue weighted by molar-refractivity contribution is 5.96. The Morgan fingerprint density at radius 3 is 2.55 bits per heavy atom. The number of morpholine rings is 1. The maximum absolute atomic E-state index is 12.3. The number of carbonyl (C=O) groups is 2. The predicted octanol–water partition coefficient (Wildman–Crippen LogP) is 0.654. The van der Waals surface area contributed by atoms with Crippen LogP contribution in [0.2, 0.25) is 0 Å². The van der Waals surface area contributed by atoms with E-state index in [0.29, 0.717) is 19.0 Å². The largest absolute Gasteiger partial charge is 0.466 e. The zero-order valence-corrected chi connectivity index (χ0v) is 13.4. The van der Waals surface area contributed by atoms with Gasteiger partial charge in [-0.1, -0.05) is 0 Å². The lowest BCUT2D eigenvalue weighted by Gasteiger charge is -2.36. The molecule has 0 aromatic rings. The molecule has 124 valence electrons. The van der Waals surface area contributed by atoms with Crippen LogP contribution in [-0.4, -0.2) is 60.5 Å². The van der Waals surface area contributed by atoms with Crippen LogP contribution < -0.4 is 0 Å². The zero-order chi connectivity index (χ0) is 16.4. The average molecular weight is 314 g/mol. The number of fused-ring (bicyclic) bond motifs is 1. The molecule has 22 heavy (non-hydrogen) atoms. The van der Waals surface area contributed by atoms with E-state index in [4.69, 9.17) is 19.0 Å². The van der Waals surface area contributed by atoms with Crippen LogP contribution in [0.3, 0.4) is 0 Å². The number of aliphatic imine (C=N–C) groups is 1. The van der Waals surface area contributed by atoms with E-state index in [2.05, 4.69) is 4.99 Å². The van der Waals surface area contributed by atoms with Crippen LogP contribution in [0.15, 0.2) is 4.99 Å². The van der Waals surface area contributed by atoms with Crippen molar-refractivity contribution >= 4 is 17.8 Å². The van der Waals surface area contributed by atoms with Gasteiger partial charge in [-0.15, -0.1) is 0 Å². The quantitative estimate of drug-likeness (QED) is 0.689. The topological polar surface area (TPSA) is 86.7 Å². The second-order valence-electron chi connectivity index (χ2n) is 5.47. The van der Waals surface area contributed by atoms with Gasteiger partial charge in [0.2, 0.25) is 0 Å². The van der Waals surface area contributed by atoms with E-state index >= 15 is 0 Å². The summed E-state index contributed by atoms with van der Waals surface area (Å²) >= 11 is 0. The Bertz CT molecular complexity index is 490. The Balaban J connectivity index is 2.32. The maximum Gasteiger partial charge on any atom is 0.364 e. The molecule has 1 unspecified atom stereocenters. The van der Waals surface area contributed by atoms with Crippen LogP contribution in [0.25, 0.3) is 0 Å². The molecule has 0 saturated carbocycles. The van der Waals surface area contributed by atoms with E-state index in [1.54, 1.807) is 13.8 Å². The molecule has 0 aliphatic carbocycles. The van der Waals surface area contributed by atoms with Gasteiger partial charge in [-0.2, -0.15) is 0 Å². The minimum Gasteiger partial charge on any atom is -0.466 e. The lowest BCUT2D eigenvalue weighted by molar-refractivity contribution is -0.223. The normalized spacial score (nSPS) is 26.2. The van der Waals surface area contributed by atoms with Gasteiger partial charge < -0.3 is 14.2 Å². The molecular formula is C14H22N2O6. The number of hydroxylamine groups is 2. The number of nitrogens with zero attached hydrogens (tertiary/aromatic N) is 2. The smallest absolute Gasteiger partial charge is 0.364 e. The molecule has 0 radical (unpaired) electrons. The number of rotatable bonds is 5. The predicted molar refractivity (Wildman–Crippen MR) is 75.9 cm³/mol. The van der Waals surface area contributed by atoms with Gasteiger partial charge in [0.05, 0.1) is 26.4 Å². The number of hydrogen-bond acceptors (Lipinski definition) is 8. The zero-order valence-electron chi connectivity index (χ0n) is 13.4. The number of ether oxygens (including phenoxy) is 3. The van der Waals surface area contributed by atoms with Crippen LogP contribution in [-0.2, 0) is 28.6 Å². The van der Waals surface area contributed by atoms with Crippen LogP contribution in [0.5, 0.6) is 0 Å². The Morgan fingerprint density at radius 1 is 1.27 bits per heavy atom. The Kier molecular flexibility index (Phi) is 4.72. The van der Waals surface area contributed by atoms with Crippen molar-refractivity contribution in [2.24, 2.45) is 4.99 Å². The third kappa shape index (κ3) is 3.07. The van der Waals surface area contributed by atoms with Crippen LogP contribution >= 0.6 is 0 Å². The van der Waals surface area contributed by atoms with Crippen molar-refractivity contribution in [2.45, 2.75) is 45.4 Å². The second kappa shape index (κ2) is 6.21. The lowest BCUT2D eigenvalue weighted by atomic mass is 10.1. The summed E-state index contributed by atoms with van der Waals surface area (Å²) in [5.41, 5.74) is -2.44. The van der Waals surface area contributed by atoms with Gasteiger partial charge in [-0.3, -0.25) is 4.79 Å². The third-order valence-corrected chi connectivity index (χ3v) is 3.36. The molecule has 0 aromatic heterocycles. The monoisotopic (exact) mass is 314 g/mol. The van der Waals surface area contributed by atoms with Gasteiger partial charge in [0, 0.05) is 0 Å². The van der Waals surface area contributed by atoms with E-state index < -0.39 is 23.3 Å². The lowest BCUT2D eigenvalue weighted by Crippen LogP contribution is -2.51. The highest BCUT2D eigenvalue weighted by Crippen LogP contribution is 2.35. The Hall–Kier alpha value is -1.67. The molecule has 8 heteroatoms. The molecule has 0 bridgehead atoms. The SMILES string of the molecule is CCOC(=O)CC1(C(=O)OCC)N=C2N(CCOC2(C)C)O1. The summed E-state index contributed by atoms with van der Waals surface area (Å²) in [5.74, 6) is -0.810. The Labute approximate surface area is 129 Å². The van der Waals surface area contributed by atoms with Gasteiger partial charge >= 0.3 is 11.9 Å². The van der Waals surface area contributed by atoms with E-state index in [9.17, 15) is 9.59 Å². The van der Waals surface area contributed by atoms with Gasteiger partial charge in [0.25, 0.3) is 5.72 Å². The summed E-state index contributed by atoms with van der Waals surface area (Å²) in [4.78, 5) is 34.2. The minimum absolute atomic E-state index is 0.164. The number of esters is 2. The summed E-state index contributed by atoms with van der Waals surface area (Å²) in [7, 11) is 0. The van der Waals surface area contributed by atoms with E-state index in [0.717, 1.165) is 0 Å². The van der Waals surface area contributed by atoms with Crippen LogP contribution in [0.1, 0.15) is 34.1 Å². The van der Waals surface area contributed by atoms with Crippen molar-refractivity contribution in [1.82, 2.24) is 5.06 Å². The molecule has 2 rings (SSSR count). The summed E-state index contributed by atoms with van der Waals surface area (Å²) in [6.07, 6.45) is -0.338. The molecule has 0 N–H and O–H groups in total. The number of amidine groups is 1. The molecule has 1 fully saturated rings. The fraction of sp³-hybridized carbons (Fsp3) is 0.786. The maximum atomic E-state index is 12.3. The molecule has 0 amide bonds. The van der Waals surface area contributed by atoms with Crippen LogP contribution in [0.4, 0.5) is 0 Å². The molecule has 1 atom stereocenters. The van der Waals surface area contributed by atoms with Crippen LogP contribution in [0, 0.1) is 0 Å². The van der Waals surface area contributed by atoms with Crippen molar-refractivity contribution < 1.29 is 28.6 Å². The fourth-order valence-electron chi connectivity index (χ4n) is 2.39. The molecule has 2 aliphatic heterocycles. The first-order valence-electron chi connectivity index (χ1n) is 7.38. The van der Waals surface area contributed by atoms with Crippen molar-refractivity contribution in [1.29, 1.82) is 0 Å². The molecule has 0 aromatic carbocycles. The Morgan fingerprint density at radius 2 is 1.95 bits per heavy atom. The summed E-state index contributed by atoms with van der Waals surface area (Å²) in [5, 5.41) is 1.50. The molecule has 2 heterocycles. The summed E-state index contributed by atoms with van der Waals surface area (Å²) < 4.78 is 15.6. The van der Waals surface area contributed by atoms with E-state index in [1.807, 2.05) is 13.8 Å². The standard InChI is InChI=1S/C14H22N2O6/c1-5-19-10(17)9-14(12(18)20-6-2)15-11-13(3,4)21-8-7-16(11)22-14/h5-9H2,1-4H3. The third-order valence-electron chi connectivity index (χ3n) is 3.36. The molecule has 8 nitrogen and oxygen atoms in total. The van der Waals surface area contributed by atoms with Crippen molar-refractivity contribution in [3.63, 3.8) is 0 Å². The molecule has 0 spiro atoms.